The van der Waals surface area contributed by atoms with Gasteiger partial charge in [-0.2, -0.15) is 0 Å². The summed E-state index contributed by atoms with van der Waals surface area (Å²) >= 11 is 0. The van der Waals surface area contributed by atoms with Gasteiger partial charge in [-0.25, -0.2) is 4.79 Å². The summed E-state index contributed by atoms with van der Waals surface area (Å²) in [6.45, 7) is 0. The number of hydrogen-bond acceptors (Lipinski definition) is 3. The highest BCUT2D eigenvalue weighted by atomic mass is 16.6. The smallest absolute Gasteiger partial charge is 0.339 e. The fourth-order valence-corrected chi connectivity index (χ4v) is 3.30. The maximum atomic E-state index is 12.3. The average Bonchev–Trinajstić information content (AvgIpc) is 2.63. The molecule has 120 valence electrons. The van der Waals surface area contributed by atoms with Crippen molar-refractivity contribution in [3.63, 3.8) is 0 Å². The molecule has 0 amide bonds. The first-order valence-corrected chi connectivity index (χ1v) is 8.24. The Labute approximate surface area is 136 Å². The van der Waals surface area contributed by atoms with Gasteiger partial charge in [0.1, 0.15) is 6.10 Å². The molecule has 3 unspecified atom stereocenters. The first kappa shape index (κ1) is 15.8. The highest BCUT2D eigenvalue weighted by molar-refractivity contribution is 5.76. The van der Waals surface area contributed by atoms with Gasteiger partial charge in [-0.15, -0.1) is 0 Å². The second-order valence-corrected chi connectivity index (χ2v) is 6.09. The summed E-state index contributed by atoms with van der Waals surface area (Å²) in [5.74, 6) is -0.332. The van der Waals surface area contributed by atoms with Gasteiger partial charge in [0.15, 0.2) is 6.10 Å². The molecule has 1 aliphatic rings. The highest BCUT2D eigenvalue weighted by Crippen LogP contribution is 2.35. The molecule has 23 heavy (non-hydrogen) atoms. The predicted octanol–water partition coefficient (Wildman–Crippen LogP) is 3.99. The third-order valence-corrected chi connectivity index (χ3v) is 4.54. The van der Waals surface area contributed by atoms with Gasteiger partial charge in [0.05, 0.1) is 0 Å². The molecule has 0 bridgehead atoms. The monoisotopic (exact) mass is 310 g/mol. The van der Waals surface area contributed by atoms with Crippen molar-refractivity contribution in [2.75, 3.05) is 0 Å². The fourth-order valence-electron chi connectivity index (χ4n) is 3.30. The number of aliphatic hydroxyl groups excluding tert-OH is 1. The first-order valence-electron chi connectivity index (χ1n) is 8.24. The van der Waals surface area contributed by atoms with E-state index in [1.54, 1.807) is 24.3 Å². The second-order valence-electron chi connectivity index (χ2n) is 6.09. The van der Waals surface area contributed by atoms with Crippen LogP contribution in [-0.2, 0) is 9.53 Å². The van der Waals surface area contributed by atoms with E-state index in [2.05, 4.69) is 12.1 Å². The Morgan fingerprint density at radius 3 is 2.26 bits per heavy atom. The van der Waals surface area contributed by atoms with Crippen LogP contribution >= 0.6 is 0 Å². The molecule has 2 aromatic rings. The van der Waals surface area contributed by atoms with Crippen LogP contribution < -0.4 is 0 Å². The Balaban J connectivity index is 1.71. The van der Waals surface area contributed by atoms with Crippen LogP contribution in [0.2, 0.25) is 0 Å². The minimum Gasteiger partial charge on any atom is -0.460 e. The third-order valence-electron chi connectivity index (χ3n) is 4.54. The van der Waals surface area contributed by atoms with Crippen LogP contribution in [0.4, 0.5) is 0 Å². The number of aliphatic hydroxyl groups is 1. The van der Waals surface area contributed by atoms with Crippen molar-refractivity contribution < 1.29 is 14.6 Å². The van der Waals surface area contributed by atoms with E-state index in [1.165, 1.54) is 5.56 Å². The topological polar surface area (TPSA) is 46.5 Å². The van der Waals surface area contributed by atoms with Crippen molar-refractivity contribution in [2.24, 2.45) is 0 Å². The Kier molecular flexibility index (Phi) is 5.09. The summed E-state index contributed by atoms with van der Waals surface area (Å²) in [5.41, 5.74) is 1.78. The van der Waals surface area contributed by atoms with Gasteiger partial charge in [-0.1, -0.05) is 67.1 Å². The maximum absolute atomic E-state index is 12.3. The zero-order valence-electron chi connectivity index (χ0n) is 13.1. The number of benzene rings is 2. The summed E-state index contributed by atoms with van der Waals surface area (Å²) < 4.78 is 5.69. The van der Waals surface area contributed by atoms with Gasteiger partial charge in [-0.05, 0) is 30.4 Å². The Bertz CT molecular complexity index is 624. The minimum atomic E-state index is -1.21. The Morgan fingerprint density at radius 1 is 0.957 bits per heavy atom. The summed E-state index contributed by atoms with van der Waals surface area (Å²) in [4.78, 5) is 12.3. The molecule has 3 rings (SSSR count). The minimum absolute atomic E-state index is 0.156. The van der Waals surface area contributed by atoms with Crippen LogP contribution in [0.15, 0.2) is 60.7 Å². The van der Waals surface area contributed by atoms with Crippen LogP contribution in [0.5, 0.6) is 0 Å². The van der Waals surface area contributed by atoms with Gasteiger partial charge in [0.2, 0.25) is 0 Å². The summed E-state index contributed by atoms with van der Waals surface area (Å²) in [5, 5.41) is 10.2. The van der Waals surface area contributed by atoms with E-state index in [0.29, 0.717) is 5.56 Å². The molecule has 3 nitrogen and oxygen atoms in total. The van der Waals surface area contributed by atoms with Gasteiger partial charge in [0.25, 0.3) is 0 Å². The molecule has 1 aliphatic carbocycles. The molecular weight excluding hydrogens is 288 g/mol. The molecule has 0 spiro atoms. The van der Waals surface area contributed by atoms with Crippen molar-refractivity contribution in [3.05, 3.63) is 71.8 Å². The number of esters is 1. The molecule has 3 atom stereocenters. The van der Waals surface area contributed by atoms with Crippen LogP contribution in [-0.4, -0.2) is 17.2 Å². The van der Waals surface area contributed by atoms with Gasteiger partial charge >= 0.3 is 5.97 Å². The van der Waals surface area contributed by atoms with Crippen molar-refractivity contribution >= 4 is 5.97 Å². The van der Waals surface area contributed by atoms with E-state index in [1.807, 2.05) is 24.3 Å². The SMILES string of the molecule is O=C(OC1CCCCC1c1ccccc1)C(O)c1ccccc1. The molecule has 1 saturated carbocycles. The number of carbonyl (C=O) groups excluding carboxylic acids is 1. The van der Waals surface area contributed by atoms with Crippen LogP contribution in [0.25, 0.3) is 0 Å². The fraction of sp³-hybridized carbons (Fsp3) is 0.350. The number of rotatable bonds is 4. The predicted molar refractivity (Wildman–Crippen MR) is 88.9 cm³/mol. The molecule has 0 aromatic heterocycles. The number of carbonyl (C=O) groups is 1. The largest absolute Gasteiger partial charge is 0.460 e. The van der Waals surface area contributed by atoms with Crippen molar-refractivity contribution in [1.82, 2.24) is 0 Å². The maximum Gasteiger partial charge on any atom is 0.339 e. The molecule has 2 aromatic carbocycles. The van der Waals surface area contributed by atoms with Gasteiger partial charge in [0, 0.05) is 5.92 Å². The lowest BCUT2D eigenvalue weighted by atomic mass is 9.81. The quantitative estimate of drug-likeness (QED) is 0.869. The Hall–Kier alpha value is -2.13. The molecule has 0 heterocycles. The van der Waals surface area contributed by atoms with E-state index in [4.69, 9.17) is 4.74 Å². The third kappa shape index (κ3) is 3.80. The first-order chi connectivity index (χ1) is 11.3. The van der Waals surface area contributed by atoms with Crippen molar-refractivity contribution in [2.45, 2.75) is 43.8 Å². The summed E-state index contributed by atoms with van der Waals surface area (Å²) in [6, 6.07) is 19.1. The van der Waals surface area contributed by atoms with E-state index < -0.39 is 12.1 Å². The second kappa shape index (κ2) is 7.42. The van der Waals surface area contributed by atoms with E-state index in [9.17, 15) is 9.90 Å². The van der Waals surface area contributed by atoms with Crippen molar-refractivity contribution in [1.29, 1.82) is 0 Å². The number of hydrogen-bond donors (Lipinski definition) is 1. The van der Waals surface area contributed by atoms with Crippen LogP contribution in [0.3, 0.4) is 0 Å². The van der Waals surface area contributed by atoms with E-state index >= 15 is 0 Å². The highest BCUT2D eigenvalue weighted by Gasteiger charge is 2.31. The average molecular weight is 310 g/mol. The van der Waals surface area contributed by atoms with Gasteiger partial charge < -0.3 is 9.84 Å². The Morgan fingerprint density at radius 2 is 1.57 bits per heavy atom. The molecule has 3 heteroatoms. The zero-order valence-corrected chi connectivity index (χ0v) is 13.1. The zero-order chi connectivity index (χ0) is 16.1. The molecule has 0 aliphatic heterocycles. The molecular formula is C20H22O3. The van der Waals surface area contributed by atoms with Crippen LogP contribution in [0, 0.1) is 0 Å². The standard InChI is InChI=1S/C20H22O3/c21-19(16-11-5-2-6-12-16)20(22)23-18-14-8-7-13-17(18)15-9-3-1-4-10-15/h1-6,9-12,17-19,21H,7-8,13-14H2. The lowest BCUT2D eigenvalue weighted by Gasteiger charge is -2.32. The van der Waals surface area contributed by atoms with E-state index in [-0.39, 0.29) is 12.0 Å². The lowest BCUT2D eigenvalue weighted by molar-refractivity contribution is -0.162. The number of ether oxygens (including phenoxy) is 1. The molecule has 0 radical (unpaired) electrons. The molecule has 1 fully saturated rings. The lowest BCUT2D eigenvalue weighted by Crippen LogP contribution is -2.30. The molecule has 1 N–H and O–H groups in total. The van der Waals surface area contributed by atoms with E-state index in [0.717, 1.165) is 25.7 Å². The molecule has 0 saturated heterocycles. The van der Waals surface area contributed by atoms with Gasteiger partial charge in [-0.3, -0.25) is 0 Å². The summed E-state index contributed by atoms with van der Waals surface area (Å²) in [6.07, 6.45) is 2.71. The van der Waals surface area contributed by atoms with Crippen LogP contribution in [0.1, 0.15) is 48.8 Å². The summed E-state index contributed by atoms with van der Waals surface area (Å²) in [7, 11) is 0. The normalized spacial score (nSPS) is 22.3. The van der Waals surface area contributed by atoms with Crippen molar-refractivity contribution in [3.8, 4) is 0 Å².